The SMILES string of the molecule is Cc1cc(N)ccc1NCC1(O)CCOC1. The van der Waals surface area contributed by atoms with Crippen molar-refractivity contribution >= 4 is 11.4 Å². The fraction of sp³-hybridized carbons (Fsp3) is 0.500. The standard InChI is InChI=1S/C12H18N2O2/c1-9-6-10(13)2-3-11(9)14-7-12(15)4-5-16-8-12/h2-3,6,14-15H,4-5,7-8,13H2,1H3. The number of aryl methyl sites for hydroxylation is 1. The fourth-order valence-electron chi connectivity index (χ4n) is 1.88. The van der Waals surface area contributed by atoms with Crippen LogP contribution in [-0.4, -0.2) is 30.5 Å². The number of hydrogen-bond acceptors (Lipinski definition) is 4. The lowest BCUT2D eigenvalue weighted by atomic mass is 10.0. The van der Waals surface area contributed by atoms with Crippen molar-refractivity contribution in [1.29, 1.82) is 0 Å². The van der Waals surface area contributed by atoms with E-state index >= 15 is 0 Å². The van der Waals surface area contributed by atoms with Crippen LogP contribution in [0, 0.1) is 6.92 Å². The summed E-state index contributed by atoms with van der Waals surface area (Å²) in [5.74, 6) is 0. The number of nitrogen functional groups attached to an aromatic ring is 1. The largest absolute Gasteiger partial charge is 0.399 e. The Labute approximate surface area is 95.4 Å². The van der Waals surface area contributed by atoms with E-state index in [0.717, 1.165) is 16.9 Å². The second-order valence-corrected chi connectivity index (χ2v) is 4.45. The molecule has 1 aliphatic rings. The van der Waals surface area contributed by atoms with E-state index in [1.165, 1.54) is 0 Å². The lowest BCUT2D eigenvalue weighted by Gasteiger charge is -2.22. The van der Waals surface area contributed by atoms with Gasteiger partial charge in [0.2, 0.25) is 0 Å². The molecule has 1 fully saturated rings. The number of hydrogen-bond donors (Lipinski definition) is 3. The highest BCUT2D eigenvalue weighted by molar-refractivity contribution is 5.57. The Morgan fingerprint density at radius 3 is 3.00 bits per heavy atom. The Hall–Kier alpha value is -1.26. The van der Waals surface area contributed by atoms with Crippen molar-refractivity contribution < 1.29 is 9.84 Å². The van der Waals surface area contributed by atoms with Crippen LogP contribution in [0.3, 0.4) is 0 Å². The van der Waals surface area contributed by atoms with Crippen molar-refractivity contribution in [3.63, 3.8) is 0 Å². The molecule has 1 aromatic carbocycles. The van der Waals surface area contributed by atoms with Gasteiger partial charge in [-0.2, -0.15) is 0 Å². The zero-order valence-electron chi connectivity index (χ0n) is 9.49. The Kier molecular flexibility index (Phi) is 3.03. The molecule has 4 N–H and O–H groups in total. The summed E-state index contributed by atoms with van der Waals surface area (Å²) in [7, 11) is 0. The maximum absolute atomic E-state index is 10.1. The van der Waals surface area contributed by atoms with Gasteiger partial charge in [0, 0.05) is 30.9 Å². The van der Waals surface area contributed by atoms with Gasteiger partial charge in [0.1, 0.15) is 5.60 Å². The topological polar surface area (TPSA) is 67.5 Å². The average Bonchev–Trinajstić information content (AvgIpc) is 2.64. The second-order valence-electron chi connectivity index (χ2n) is 4.45. The van der Waals surface area contributed by atoms with Gasteiger partial charge >= 0.3 is 0 Å². The van der Waals surface area contributed by atoms with E-state index in [2.05, 4.69) is 5.32 Å². The van der Waals surface area contributed by atoms with Gasteiger partial charge in [0.05, 0.1) is 6.61 Å². The van der Waals surface area contributed by atoms with E-state index in [0.29, 0.717) is 26.2 Å². The number of rotatable bonds is 3. The molecular formula is C12H18N2O2. The van der Waals surface area contributed by atoms with Crippen LogP contribution in [0.4, 0.5) is 11.4 Å². The Bertz CT molecular complexity index is 373. The van der Waals surface area contributed by atoms with Gasteiger partial charge in [-0.05, 0) is 30.7 Å². The average molecular weight is 222 g/mol. The lowest BCUT2D eigenvalue weighted by Crippen LogP contribution is -2.37. The van der Waals surface area contributed by atoms with Crippen LogP contribution in [0.25, 0.3) is 0 Å². The van der Waals surface area contributed by atoms with Crippen LogP contribution < -0.4 is 11.1 Å². The third-order valence-electron chi connectivity index (χ3n) is 2.94. The van der Waals surface area contributed by atoms with E-state index in [-0.39, 0.29) is 0 Å². The molecule has 2 rings (SSSR count). The summed E-state index contributed by atoms with van der Waals surface area (Å²) in [6.45, 7) is 3.55. The summed E-state index contributed by atoms with van der Waals surface area (Å²) < 4.78 is 5.19. The molecular weight excluding hydrogens is 204 g/mol. The Morgan fingerprint density at radius 2 is 2.38 bits per heavy atom. The van der Waals surface area contributed by atoms with Gasteiger partial charge in [-0.3, -0.25) is 0 Å². The molecule has 0 amide bonds. The predicted octanol–water partition coefficient (Wildman–Crippen LogP) is 1.14. The van der Waals surface area contributed by atoms with Gasteiger partial charge in [0.15, 0.2) is 0 Å². The van der Waals surface area contributed by atoms with E-state index in [9.17, 15) is 5.11 Å². The number of nitrogens with one attached hydrogen (secondary N) is 1. The maximum Gasteiger partial charge on any atom is 0.107 e. The second kappa shape index (κ2) is 4.31. The fourth-order valence-corrected chi connectivity index (χ4v) is 1.88. The normalized spacial score (nSPS) is 24.6. The Morgan fingerprint density at radius 1 is 1.56 bits per heavy atom. The molecule has 1 saturated heterocycles. The minimum atomic E-state index is -0.728. The molecule has 4 nitrogen and oxygen atoms in total. The molecule has 1 aromatic rings. The maximum atomic E-state index is 10.1. The first-order valence-electron chi connectivity index (χ1n) is 5.49. The van der Waals surface area contributed by atoms with Gasteiger partial charge in [-0.15, -0.1) is 0 Å². The van der Waals surface area contributed by atoms with Crippen molar-refractivity contribution in [1.82, 2.24) is 0 Å². The third kappa shape index (κ3) is 2.46. The van der Waals surface area contributed by atoms with Crippen molar-refractivity contribution in [2.75, 3.05) is 30.8 Å². The van der Waals surface area contributed by atoms with Crippen LogP contribution in [-0.2, 0) is 4.74 Å². The molecule has 0 spiro atoms. The molecule has 0 aliphatic carbocycles. The lowest BCUT2D eigenvalue weighted by molar-refractivity contribution is 0.0382. The number of ether oxygens (including phenoxy) is 1. The summed E-state index contributed by atoms with van der Waals surface area (Å²) in [6.07, 6.45) is 0.689. The van der Waals surface area contributed by atoms with Crippen LogP contribution in [0.1, 0.15) is 12.0 Å². The van der Waals surface area contributed by atoms with Crippen LogP contribution in [0.2, 0.25) is 0 Å². The van der Waals surface area contributed by atoms with E-state index in [1.807, 2.05) is 25.1 Å². The molecule has 1 aliphatic heterocycles. The van der Waals surface area contributed by atoms with Gasteiger partial charge in [0.25, 0.3) is 0 Å². The molecule has 1 unspecified atom stereocenters. The zero-order chi connectivity index (χ0) is 11.6. The van der Waals surface area contributed by atoms with E-state index < -0.39 is 5.60 Å². The molecule has 88 valence electrons. The first kappa shape index (κ1) is 11.2. The van der Waals surface area contributed by atoms with Gasteiger partial charge < -0.3 is 20.9 Å². The predicted molar refractivity (Wildman–Crippen MR) is 64.5 cm³/mol. The molecule has 0 saturated carbocycles. The van der Waals surface area contributed by atoms with Crippen molar-refractivity contribution in [3.05, 3.63) is 23.8 Å². The molecule has 1 heterocycles. The smallest absolute Gasteiger partial charge is 0.107 e. The highest BCUT2D eigenvalue weighted by Crippen LogP contribution is 2.22. The van der Waals surface area contributed by atoms with Gasteiger partial charge in [-0.25, -0.2) is 0 Å². The van der Waals surface area contributed by atoms with Gasteiger partial charge in [-0.1, -0.05) is 0 Å². The monoisotopic (exact) mass is 222 g/mol. The molecule has 0 aromatic heterocycles. The minimum Gasteiger partial charge on any atom is -0.399 e. The summed E-state index contributed by atoms with van der Waals surface area (Å²) >= 11 is 0. The minimum absolute atomic E-state index is 0.411. The quantitative estimate of drug-likeness (QED) is 0.671. The van der Waals surface area contributed by atoms with E-state index in [4.69, 9.17) is 10.5 Å². The zero-order valence-corrected chi connectivity index (χ0v) is 9.49. The summed E-state index contributed by atoms with van der Waals surface area (Å²) in [5, 5.41) is 13.3. The molecule has 16 heavy (non-hydrogen) atoms. The number of aliphatic hydroxyl groups is 1. The molecule has 0 radical (unpaired) electrons. The summed E-state index contributed by atoms with van der Waals surface area (Å²) in [6, 6.07) is 5.70. The van der Waals surface area contributed by atoms with Crippen molar-refractivity contribution in [2.45, 2.75) is 18.9 Å². The van der Waals surface area contributed by atoms with Crippen molar-refractivity contribution in [3.8, 4) is 0 Å². The van der Waals surface area contributed by atoms with E-state index in [1.54, 1.807) is 0 Å². The molecule has 4 heteroatoms. The van der Waals surface area contributed by atoms with Crippen molar-refractivity contribution in [2.24, 2.45) is 0 Å². The van der Waals surface area contributed by atoms with Crippen LogP contribution in [0.15, 0.2) is 18.2 Å². The number of anilines is 2. The number of benzene rings is 1. The number of nitrogens with two attached hydrogens (primary N) is 1. The summed E-state index contributed by atoms with van der Waals surface area (Å²) in [5.41, 5.74) is 7.80. The highest BCUT2D eigenvalue weighted by atomic mass is 16.5. The first-order valence-corrected chi connectivity index (χ1v) is 5.49. The first-order chi connectivity index (χ1) is 7.59. The third-order valence-corrected chi connectivity index (χ3v) is 2.94. The Balaban J connectivity index is 1.99. The van der Waals surface area contributed by atoms with Crippen LogP contribution in [0.5, 0.6) is 0 Å². The van der Waals surface area contributed by atoms with Crippen LogP contribution >= 0.6 is 0 Å². The highest BCUT2D eigenvalue weighted by Gasteiger charge is 2.31. The molecule has 0 bridgehead atoms. The summed E-state index contributed by atoms with van der Waals surface area (Å²) in [4.78, 5) is 0. The molecule has 1 atom stereocenters.